The minimum atomic E-state index is -0.515. The van der Waals surface area contributed by atoms with Gasteiger partial charge in [0, 0.05) is 22.7 Å². The molecule has 0 atom stereocenters. The molecule has 0 radical (unpaired) electrons. The molecule has 2 aromatic carbocycles. The molecule has 0 spiro atoms. The smallest absolute Gasteiger partial charge is 0.270 e. The fraction of sp³-hybridized carbons (Fsp3) is 0.0870. The van der Waals surface area contributed by atoms with Gasteiger partial charge in [-0.05, 0) is 42.9 Å². The summed E-state index contributed by atoms with van der Waals surface area (Å²) in [6.45, 7) is 2.28. The van der Waals surface area contributed by atoms with E-state index in [4.69, 9.17) is 18.6 Å². The normalized spacial score (nSPS) is 15.7. The first kappa shape index (κ1) is 18.7. The van der Waals surface area contributed by atoms with Gasteiger partial charge in [0.05, 0.1) is 12.2 Å². The first-order valence-corrected chi connectivity index (χ1v) is 9.40. The lowest BCUT2D eigenvalue weighted by Crippen LogP contribution is -2.54. The minimum absolute atomic E-state index is 0.0189. The highest BCUT2D eigenvalue weighted by molar-refractivity contribution is 7.80. The van der Waals surface area contributed by atoms with Crippen LogP contribution in [0.1, 0.15) is 11.1 Å². The second-order valence-electron chi connectivity index (χ2n) is 6.68. The molecule has 1 aliphatic rings. The molecular formula is C23H17N3O2S. The van der Waals surface area contributed by atoms with Crippen LogP contribution < -0.4 is 10.2 Å². The maximum atomic E-state index is 13.2. The van der Waals surface area contributed by atoms with E-state index in [1.807, 2.05) is 60.2 Å². The van der Waals surface area contributed by atoms with E-state index in [0.717, 1.165) is 22.0 Å². The molecule has 2 heterocycles. The van der Waals surface area contributed by atoms with Gasteiger partial charge in [-0.2, -0.15) is 0 Å². The second-order valence-corrected chi connectivity index (χ2v) is 7.06. The summed E-state index contributed by atoms with van der Waals surface area (Å²) in [5.41, 5.74) is 3.22. The molecule has 1 fully saturated rings. The highest BCUT2D eigenvalue weighted by atomic mass is 32.1. The number of anilines is 1. The van der Waals surface area contributed by atoms with Gasteiger partial charge in [-0.3, -0.25) is 19.8 Å². The molecule has 0 aliphatic carbocycles. The molecule has 5 nitrogen and oxygen atoms in total. The Hall–Kier alpha value is -3.69. The predicted octanol–water partition coefficient (Wildman–Crippen LogP) is 3.41. The first-order valence-electron chi connectivity index (χ1n) is 8.99. The molecule has 29 heavy (non-hydrogen) atoms. The van der Waals surface area contributed by atoms with Crippen LogP contribution in [0.15, 0.2) is 60.3 Å². The summed E-state index contributed by atoms with van der Waals surface area (Å²) in [6.07, 6.45) is 8.92. The van der Waals surface area contributed by atoms with Crippen LogP contribution in [0.4, 0.5) is 5.69 Å². The average Bonchev–Trinajstić information content (AvgIpc) is 3.04. The van der Waals surface area contributed by atoms with E-state index in [1.165, 1.54) is 4.90 Å². The lowest BCUT2D eigenvalue weighted by Gasteiger charge is -2.29. The third kappa shape index (κ3) is 3.22. The average molecular weight is 399 g/mol. The Kier molecular flexibility index (Phi) is 4.75. The van der Waals surface area contributed by atoms with E-state index >= 15 is 0 Å². The zero-order chi connectivity index (χ0) is 20.5. The maximum absolute atomic E-state index is 13.2. The van der Waals surface area contributed by atoms with E-state index in [1.54, 1.807) is 12.1 Å². The number of nitrogens with zero attached hydrogens (tertiary/aromatic N) is 2. The molecule has 1 aliphatic heterocycles. The number of carbonyl (C=O) groups is 2. The number of benzene rings is 2. The quantitative estimate of drug-likeness (QED) is 0.318. The summed E-state index contributed by atoms with van der Waals surface area (Å²) in [5, 5.41) is 3.61. The van der Waals surface area contributed by atoms with Crippen LogP contribution in [-0.2, 0) is 16.1 Å². The van der Waals surface area contributed by atoms with E-state index in [-0.39, 0.29) is 10.7 Å². The lowest BCUT2D eigenvalue weighted by atomic mass is 10.1. The number of terminal acetylenes is 1. The molecule has 1 saturated heterocycles. The SMILES string of the molecule is C#CCn1cc(/C=C2\C(=O)NC(=S)N(c3ccccc3C)C2=O)c2ccccc21. The standard InChI is InChI=1S/C23H17N3O2S/c1-3-12-25-14-16(17-9-5-7-11-20(17)25)13-18-21(27)24-23(29)26(22(18)28)19-10-6-4-8-15(19)2/h1,4-11,13-14H,12H2,2H3,(H,24,27,29)/b18-13+. The molecule has 142 valence electrons. The minimum Gasteiger partial charge on any atom is -0.335 e. The van der Waals surface area contributed by atoms with E-state index in [0.29, 0.717) is 12.2 Å². The fourth-order valence-corrected chi connectivity index (χ4v) is 3.74. The summed E-state index contributed by atoms with van der Waals surface area (Å²) in [4.78, 5) is 27.2. The molecule has 0 unspecified atom stereocenters. The molecule has 0 saturated carbocycles. The monoisotopic (exact) mass is 399 g/mol. The zero-order valence-electron chi connectivity index (χ0n) is 15.7. The summed E-state index contributed by atoms with van der Waals surface area (Å²) < 4.78 is 1.91. The zero-order valence-corrected chi connectivity index (χ0v) is 16.5. The number of carbonyl (C=O) groups excluding carboxylic acids is 2. The van der Waals surface area contributed by atoms with Gasteiger partial charge >= 0.3 is 0 Å². The van der Waals surface area contributed by atoms with Crippen LogP contribution in [0.25, 0.3) is 17.0 Å². The van der Waals surface area contributed by atoms with Crippen molar-refractivity contribution in [2.45, 2.75) is 13.5 Å². The molecule has 4 rings (SSSR count). The molecule has 6 heteroatoms. The van der Waals surface area contributed by atoms with Gasteiger partial charge in [0.15, 0.2) is 5.11 Å². The Bertz CT molecular complexity index is 1250. The predicted molar refractivity (Wildman–Crippen MR) is 118 cm³/mol. The van der Waals surface area contributed by atoms with Crippen molar-refractivity contribution < 1.29 is 9.59 Å². The van der Waals surface area contributed by atoms with Gasteiger partial charge in [0.25, 0.3) is 11.8 Å². The number of nitrogens with one attached hydrogen (secondary N) is 1. The topological polar surface area (TPSA) is 54.3 Å². The second kappa shape index (κ2) is 7.38. The van der Waals surface area contributed by atoms with Crippen molar-refractivity contribution in [3.05, 3.63) is 71.4 Å². The highest BCUT2D eigenvalue weighted by Crippen LogP contribution is 2.27. The molecule has 3 aromatic rings. The third-order valence-electron chi connectivity index (χ3n) is 4.84. The lowest BCUT2D eigenvalue weighted by molar-refractivity contribution is -0.122. The van der Waals surface area contributed by atoms with Gasteiger partial charge in [-0.1, -0.05) is 42.3 Å². The van der Waals surface area contributed by atoms with Crippen molar-refractivity contribution in [1.29, 1.82) is 0 Å². The number of aryl methyl sites for hydroxylation is 1. The van der Waals surface area contributed by atoms with Crippen molar-refractivity contribution in [3.8, 4) is 12.3 Å². The van der Waals surface area contributed by atoms with Gasteiger partial charge < -0.3 is 4.57 Å². The number of thiocarbonyl (C=S) groups is 1. The summed E-state index contributed by atoms with van der Waals surface area (Å²) >= 11 is 5.28. The van der Waals surface area contributed by atoms with Gasteiger partial charge in [0.2, 0.25) is 0 Å². The maximum Gasteiger partial charge on any atom is 0.270 e. The number of rotatable bonds is 3. The summed E-state index contributed by atoms with van der Waals surface area (Å²) in [6, 6.07) is 15.1. The molecule has 1 aromatic heterocycles. The van der Waals surface area contributed by atoms with E-state index < -0.39 is 11.8 Å². The van der Waals surface area contributed by atoms with Gasteiger partial charge in [0.1, 0.15) is 5.57 Å². The Morgan fingerprint density at radius 3 is 2.62 bits per heavy atom. The number of aromatic nitrogens is 1. The van der Waals surface area contributed by atoms with E-state index in [9.17, 15) is 9.59 Å². The number of amides is 2. The molecule has 1 N–H and O–H groups in total. The van der Waals surface area contributed by atoms with Crippen molar-refractivity contribution in [1.82, 2.24) is 9.88 Å². The van der Waals surface area contributed by atoms with Crippen molar-refractivity contribution in [3.63, 3.8) is 0 Å². The van der Waals surface area contributed by atoms with Crippen LogP contribution in [0.5, 0.6) is 0 Å². The number of fused-ring (bicyclic) bond motifs is 1. The summed E-state index contributed by atoms with van der Waals surface area (Å²) in [7, 11) is 0. The largest absolute Gasteiger partial charge is 0.335 e. The first-order chi connectivity index (χ1) is 14.0. The van der Waals surface area contributed by atoms with E-state index in [2.05, 4.69) is 11.2 Å². The third-order valence-corrected chi connectivity index (χ3v) is 5.12. The molecule has 0 bridgehead atoms. The van der Waals surface area contributed by atoms with Crippen molar-refractivity contribution in [2.24, 2.45) is 0 Å². The number of para-hydroxylation sites is 2. The van der Waals surface area contributed by atoms with Crippen LogP contribution in [-0.4, -0.2) is 21.5 Å². The van der Waals surface area contributed by atoms with Crippen molar-refractivity contribution >= 4 is 51.8 Å². The van der Waals surface area contributed by atoms with Gasteiger partial charge in [-0.15, -0.1) is 6.42 Å². The highest BCUT2D eigenvalue weighted by Gasteiger charge is 2.35. The van der Waals surface area contributed by atoms with Crippen LogP contribution in [0.2, 0.25) is 0 Å². The fourth-order valence-electron chi connectivity index (χ4n) is 3.47. The number of hydrogen-bond acceptors (Lipinski definition) is 3. The van der Waals surface area contributed by atoms with Crippen molar-refractivity contribution in [2.75, 3.05) is 4.90 Å². The number of hydrogen-bond donors (Lipinski definition) is 1. The molecule has 2 amide bonds. The summed E-state index contributed by atoms with van der Waals surface area (Å²) in [5.74, 6) is 1.65. The van der Waals surface area contributed by atoms with Crippen LogP contribution in [0.3, 0.4) is 0 Å². The Morgan fingerprint density at radius 2 is 1.86 bits per heavy atom. The Balaban J connectivity index is 1.83. The van der Waals surface area contributed by atoms with Gasteiger partial charge in [-0.25, -0.2) is 0 Å². The molecular weight excluding hydrogens is 382 g/mol. The Labute approximate surface area is 173 Å². The Morgan fingerprint density at radius 1 is 1.14 bits per heavy atom. The van der Waals surface area contributed by atoms with Crippen LogP contribution >= 0.6 is 12.2 Å². The van der Waals surface area contributed by atoms with Crippen LogP contribution in [0, 0.1) is 19.3 Å².